The second-order valence-corrected chi connectivity index (χ2v) is 3.49. The minimum atomic E-state index is -0.412. The summed E-state index contributed by atoms with van der Waals surface area (Å²) < 4.78 is 0. The molecule has 0 unspecified atom stereocenters. The first-order valence-corrected chi connectivity index (χ1v) is 4.76. The van der Waals surface area contributed by atoms with E-state index in [1.54, 1.807) is 32.9 Å². The van der Waals surface area contributed by atoms with Gasteiger partial charge in [0.25, 0.3) is 5.69 Å². The summed E-state index contributed by atoms with van der Waals surface area (Å²) in [7, 11) is 0. The Morgan fingerprint density at radius 2 is 1.80 bits per heavy atom. The van der Waals surface area contributed by atoms with Crippen molar-refractivity contribution in [2.75, 3.05) is 0 Å². The topological polar surface area (TPSA) is 60.2 Å². The molecule has 0 atom stereocenters. The van der Waals surface area contributed by atoms with Crippen molar-refractivity contribution < 1.29 is 9.72 Å². The van der Waals surface area contributed by atoms with Crippen molar-refractivity contribution in [3.05, 3.63) is 38.9 Å². The van der Waals surface area contributed by atoms with E-state index in [2.05, 4.69) is 0 Å². The molecule has 1 rings (SSSR count). The van der Waals surface area contributed by atoms with Crippen LogP contribution in [0.3, 0.4) is 0 Å². The first-order chi connectivity index (χ1) is 6.97. The maximum absolute atomic E-state index is 11.4. The van der Waals surface area contributed by atoms with Gasteiger partial charge in [-0.05, 0) is 26.0 Å². The van der Waals surface area contributed by atoms with E-state index < -0.39 is 4.92 Å². The molecular formula is C11H13NO3. The van der Waals surface area contributed by atoms with Crippen LogP contribution in [-0.4, -0.2) is 10.7 Å². The summed E-state index contributed by atoms with van der Waals surface area (Å²) in [5.41, 5.74) is 1.73. The van der Waals surface area contributed by atoms with Crippen molar-refractivity contribution in [2.45, 2.75) is 27.2 Å². The maximum atomic E-state index is 11.4. The third-order valence-electron chi connectivity index (χ3n) is 2.32. The zero-order valence-electron chi connectivity index (χ0n) is 9.03. The van der Waals surface area contributed by atoms with Gasteiger partial charge in [-0.1, -0.05) is 6.92 Å². The first kappa shape index (κ1) is 11.4. The lowest BCUT2D eigenvalue weighted by Crippen LogP contribution is -2.01. The summed E-state index contributed by atoms with van der Waals surface area (Å²) >= 11 is 0. The van der Waals surface area contributed by atoms with Crippen LogP contribution in [0.25, 0.3) is 0 Å². The smallest absolute Gasteiger partial charge is 0.275 e. The lowest BCUT2D eigenvalue weighted by molar-refractivity contribution is -0.386. The van der Waals surface area contributed by atoms with Gasteiger partial charge >= 0.3 is 0 Å². The van der Waals surface area contributed by atoms with Crippen LogP contribution in [0.4, 0.5) is 5.69 Å². The molecule has 0 aliphatic rings. The highest BCUT2D eigenvalue weighted by Gasteiger charge is 2.17. The molecule has 1 aromatic rings. The standard InChI is InChI=1S/C11H13NO3/c1-4-10(13)9-5-7(2)11(12(14)15)8(3)6-9/h5-6H,4H2,1-3H3. The van der Waals surface area contributed by atoms with E-state index in [4.69, 9.17) is 0 Å². The molecule has 0 aromatic heterocycles. The lowest BCUT2D eigenvalue weighted by Gasteiger charge is -2.04. The fourth-order valence-electron chi connectivity index (χ4n) is 1.61. The highest BCUT2D eigenvalue weighted by Crippen LogP contribution is 2.24. The van der Waals surface area contributed by atoms with Crippen molar-refractivity contribution in [1.29, 1.82) is 0 Å². The van der Waals surface area contributed by atoms with E-state index in [9.17, 15) is 14.9 Å². The van der Waals surface area contributed by atoms with Crippen LogP contribution in [0.1, 0.15) is 34.8 Å². The number of nitrogens with zero attached hydrogens (tertiary/aromatic N) is 1. The number of aryl methyl sites for hydroxylation is 2. The summed E-state index contributed by atoms with van der Waals surface area (Å²) in [6, 6.07) is 3.16. The molecule has 0 saturated heterocycles. The number of nitro groups is 1. The highest BCUT2D eigenvalue weighted by atomic mass is 16.6. The van der Waals surface area contributed by atoms with Crippen LogP contribution in [0.2, 0.25) is 0 Å². The summed E-state index contributed by atoms with van der Waals surface area (Å²) in [5.74, 6) is 0.0103. The molecule has 0 aliphatic carbocycles. The van der Waals surface area contributed by atoms with Crippen LogP contribution in [0.5, 0.6) is 0 Å². The average molecular weight is 207 g/mol. The molecule has 1 aromatic carbocycles. The Morgan fingerprint density at radius 1 is 1.33 bits per heavy atom. The molecular weight excluding hydrogens is 194 g/mol. The van der Waals surface area contributed by atoms with E-state index >= 15 is 0 Å². The van der Waals surface area contributed by atoms with Gasteiger partial charge < -0.3 is 0 Å². The maximum Gasteiger partial charge on any atom is 0.275 e. The van der Waals surface area contributed by atoms with E-state index in [1.807, 2.05) is 0 Å². The molecule has 0 saturated carbocycles. The third kappa shape index (κ3) is 2.21. The zero-order chi connectivity index (χ0) is 11.6. The molecule has 0 amide bonds. The molecule has 15 heavy (non-hydrogen) atoms. The number of carbonyl (C=O) groups is 1. The van der Waals surface area contributed by atoms with Crippen LogP contribution in [0.15, 0.2) is 12.1 Å². The number of hydrogen-bond donors (Lipinski definition) is 0. The largest absolute Gasteiger partial charge is 0.294 e. The number of Topliss-reactive ketones (excluding diaryl/α,β-unsaturated/α-hetero) is 1. The van der Waals surface area contributed by atoms with Gasteiger partial charge in [0.15, 0.2) is 5.78 Å². The van der Waals surface area contributed by atoms with Gasteiger partial charge in [-0.15, -0.1) is 0 Å². The third-order valence-corrected chi connectivity index (χ3v) is 2.32. The number of nitro benzene ring substituents is 1. The second-order valence-electron chi connectivity index (χ2n) is 3.49. The predicted molar refractivity (Wildman–Crippen MR) is 57.2 cm³/mol. The Kier molecular flexibility index (Phi) is 3.19. The lowest BCUT2D eigenvalue weighted by atomic mass is 10.0. The Bertz CT molecular complexity index is 401. The molecule has 80 valence electrons. The number of rotatable bonds is 3. The van der Waals surface area contributed by atoms with Crippen LogP contribution >= 0.6 is 0 Å². The fraction of sp³-hybridized carbons (Fsp3) is 0.364. The summed E-state index contributed by atoms with van der Waals surface area (Å²) in [6.07, 6.45) is 0.413. The summed E-state index contributed by atoms with van der Waals surface area (Å²) in [4.78, 5) is 21.7. The van der Waals surface area contributed by atoms with Crippen molar-refractivity contribution in [3.63, 3.8) is 0 Å². The Labute approximate surface area is 88.1 Å². The SMILES string of the molecule is CCC(=O)c1cc(C)c([N+](=O)[O-])c(C)c1. The summed E-state index contributed by atoms with van der Waals surface area (Å²) in [5, 5.41) is 10.7. The highest BCUT2D eigenvalue weighted by molar-refractivity contribution is 5.96. The van der Waals surface area contributed by atoms with Gasteiger partial charge in [0.1, 0.15) is 0 Å². The molecule has 4 heteroatoms. The van der Waals surface area contributed by atoms with Gasteiger partial charge in [0.05, 0.1) is 4.92 Å². The fourth-order valence-corrected chi connectivity index (χ4v) is 1.61. The normalized spacial score (nSPS) is 10.1. The minimum absolute atomic E-state index is 0.0103. The average Bonchev–Trinajstić information content (AvgIpc) is 2.14. The van der Waals surface area contributed by atoms with Crippen LogP contribution < -0.4 is 0 Å². The van der Waals surface area contributed by atoms with Crippen molar-refractivity contribution in [1.82, 2.24) is 0 Å². The molecule has 0 fully saturated rings. The molecule has 0 heterocycles. The van der Waals surface area contributed by atoms with Gasteiger partial charge in [0.2, 0.25) is 0 Å². The molecule has 0 radical (unpaired) electrons. The van der Waals surface area contributed by atoms with E-state index in [1.165, 1.54) is 0 Å². The van der Waals surface area contributed by atoms with Crippen LogP contribution in [-0.2, 0) is 0 Å². The number of carbonyl (C=O) groups excluding carboxylic acids is 1. The van der Waals surface area contributed by atoms with E-state index in [-0.39, 0.29) is 11.5 Å². The van der Waals surface area contributed by atoms with E-state index in [0.717, 1.165) is 0 Å². The Balaban J connectivity index is 3.31. The Hall–Kier alpha value is -1.71. The monoisotopic (exact) mass is 207 g/mol. The molecule has 4 nitrogen and oxygen atoms in total. The van der Waals surface area contributed by atoms with Gasteiger partial charge in [-0.25, -0.2) is 0 Å². The van der Waals surface area contributed by atoms with Crippen molar-refractivity contribution in [3.8, 4) is 0 Å². The van der Waals surface area contributed by atoms with Crippen molar-refractivity contribution in [2.24, 2.45) is 0 Å². The quantitative estimate of drug-likeness (QED) is 0.435. The van der Waals surface area contributed by atoms with Crippen LogP contribution in [0, 0.1) is 24.0 Å². The van der Waals surface area contributed by atoms with Gasteiger partial charge in [0, 0.05) is 23.1 Å². The second kappa shape index (κ2) is 4.21. The molecule has 0 N–H and O–H groups in total. The minimum Gasteiger partial charge on any atom is -0.294 e. The zero-order valence-corrected chi connectivity index (χ0v) is 9.03. The van der Waals surface area contributed by atoms with Gasteiger partial charge in [-0.2, -0.15) is 0 Å². The van der Waals surface area contributed by atoms with Crippen molar-refractivity contribution >= 4 is 11.5 Å². The predicted octanol–water partition coefficient (Wildman–Crippen LogP) is 2.80. The molecule has 0 spiro atoms. The van der Waals surface area contributed by atoms with E-state index in [0.29, 0.717) is 23.1 Å². The van der Waals surface area contributed by atoms with Gasteiger partial charge in [-0.3, -0.25) is 14.9 Å². The first-order valence-electron chi connectivity index (χ1n) is 4.76. The number of hydrogen-bond acceptors (Lipinski definition) is 3. The number of ketones is 1. The molecule has 0 aliphatic heterocycles. The number of benzene rings is 1. The Morgan fingerprint density at radius 3 is 2.13 bits per heavy atom. The summed E-state index contributed by atoms with van der Waals surface area (Å²) in [6.45, 7) is 5.07. The molecule has 0 bridgehead atoms.